The summed E-state index contributed by atoms with van der Waals surface area (Å²) in [6.45, 7) is 12.0. The van der Waals surface area contributed by atoms with E-state index in [2.05, 4.69) is 38.8 Å². The van der Waals surface area contributed by atoms with Crippen LogP contribution in [0.25, 0.3) is 0 Å². The molecular weight excluding hydrogens is 242 g/mol. The molecule has 0 amide bonds. The average Bonchev–Trinajstić information content (AvgIpc) is 2.28. The Bertz CT molecular complexity index is 368. The van der Waals surface area contributed by atoms with Crippen LogP contribution in [0, 0.1) is 0 Å². The Morgan fingerprint density at radius 1 is 1.28 bits per heavy atom. The summed E-state index contributed by atoms with van der Waals surface area (Å²) in [6, 6.07) is 3.87. The summed E-state index contributed by atoms with van der Waals surface area (Å²) in [5.41, 5.74) is 1.87. The Hall–Kier alpha value is -0.713. The van der Waals surface area contributed by atoms with Crippen LogP contribution in [-0.2, 0) is 17.5 Å². The van der Waals surface area contributed by atoms with Crippen LogP contribution in [0.15, 0.2) is 18.3 Å². The summed E-state index contributed by atoms with van der Waals surface area (Å²) in [5, 5.41) is 9.18. The lowest BCUT2D eigenvalue weighted by molar-refractivity contribution is 0.276. The molecule has 0 radical (unpaired) electrons. The van der Waals surface area contributed by atoms with E-state index in [4.69, 9.17) is 9.53 Å². The van der Waals surface area contributed by atoms with Crippen LogP contribution in [0.5, 0.6) is 0 Å². The van der Waals surface area contributed by atoms with E-state index in [1.165, 1.54) is 0 Å². The molecule has 0 aromatic carbocycles. The molecule has 0 unspecified atom stereocenters. The smallest absolute Gasteiger partial charge is 0.191 e. The van der Waals surface area contributed by atoms with Gasteiger partial charge in [0, 0.05) is 12.8 Å². The van der Waals surface area contributed by atoms with E-state index in [1.807, 2.05) is 18.3 Å². The molecule has 1 aromatic rings. The zero-order chi connectivity index (χ0) is 13.8. The summed E-state index contributed by atoms with van der Waals surface area (Å²) < 4.78 is 6.12. The zero-order valence-corrected chi connectivity index (χ0v) is 13.2. The highest BCUT2D eigenvalue weighted by molar-refractivity contribution is 6.74. The van der Waals surface area contributed by atoms with Gasteiger partial charge in [-0.25, -0.2) is 0 Å². The number of pyridine rings is 1. The molecule has 1 heterocycles. The van der Waals surface area contributed by atoms with Crippen LogP contribution in [0.4, 0.5) is 0 Å². The van der Waals surface area contributed by atoms with Crippen molar-refractivity contribution in [3.05, 3.63) is 29.6 Å². The molecule has 3 nitrogen and oxygen atoms in total. The molecule has 0 bridgehead atoms. The van der Waals surface area contributed by atoms with E-state index < -0.39 is 8.32 Å². The predicted molar refractivity (Wildman–Crippen MR) is 77.0 cm³/mol. The second-order valence-electron chi connectivity index (χ2n) is 6.17. The van der Waals surface area contributed by atoms with Gasteiger partial charge in [0.25, 0.3) is 0 Å². The van der Waals surface area contributed by atoms with Crippen molar-refractivity contribution >= 4 is 8.32 Å². The number of rotatable bonds is 5. The quantitative estimate of drug-likeness (QED) is 0.833. The molecule has 1 aromatic heterocycles. The lowest BCUT2D eigenvalue weighted by atomic mass is 10.2. The molecule has 0 spiro atoms. The molecule has 0 aliphatic carbocycles. The Morgan fingerprint density at radius 3 is 2.39 bits per heavy atom. The molecule has 0 aliphatic heterocycles. The van der Waals surface area contributed by atoms with E-state index >= 15 is 0 Å². The first-order valence-corrected chi connectivity index (χ1v) is 9.36. The molecule has 4 heteroatoms. The second kappa shape index (κ2) is 5.95. The Labute approximate surface area is 111 Å². The van der Waals surface area contributed by atoms with Gasteiger partial charge in [0.05, 0.1) is 12.3 Å². The molecular formula is C14H25NO2Si. The van der Waals surface area contributed by atoms with Gasteiger partial charge in [0.1, 0.15) is 0 Å². The van der Waals surface area contributed by atoms with Crippen LogP contribution >= 0.6 is 0 Å². The number of hydrogen-bond donors (Lipinski definition) is 1. The minimum absolute atomic E-state index is 0.000743. The first-order chi connectivity index (χ1) is 8.26. The maximum absolute atomic E-state index is 8.92. The fourth-order valence-corrected chi connectivity index (χ4v) is 2.38. The van der Waals surface area contributed by atoms with Crippen molar-refractivity contribution in [2.24, 2.45) is 0 Å². The molecule has 0 saturated heterocycles. The largest absolute Gasteiger partial charge is 0.416 e. The molecule has 1 rings (SSSR count). The summed E-state index contributed by atoms with van der Waals surface area (Å²) >= 11 is 0. The third-order valence-corrected chi connectivity index (χ3v) is 8.25. The van der Waals surface area contributed by atoms with Gasteiger partial charge in [-0.1, -0.05) is 26.8 Å². The van der Waals surface area contributed by atoms with E-state index in [-0.39, 0.29) is 11.6 Å². The summed E-state index contributed by atoms with van der Waals surface area (Å²) in [7, 11) is -1.64. The Balaban J connectivity index is 2.46. The summed E-state index contributed by atoms with van der Waals surface area (Å²) in [4.78, 5) is 4.17. The Morgan fingerprint density at radius 2 is 1.94 bits per heavy atom. The number of aliphatic hydroxyl groups excluding tert-OH is 1. The molecule has 0 fully saturated rings. The normalized spacial score (nSPS) is 12.8. The van der Waals surface area contributed by atoms with Gasteiger partial charge in [-0.3, -0.25) is 4.98 Å². The van der Waals surface area contributed by atoms with Crippen molar-refractivity contribution in [3.63, 3.8) is 0 Å². The van der Waals surface area contributed by atoms with E-state index in [9.17, 15) is 0 Å². The van der Waals surface area contributed by atoms with Gasteiger partial charge >= 0.3 is 0 Å². The predicted octanol–water partition coefficient (Wildman–Crippen LogP) is 3.14. The van der Waals surface area contributed by atoms with Gasteiger partial charge in [0.2, 0.25) is 0 Å². The van der Waals surface area contributed by atoms with Crippen LogP contribution in [0.1, 0.15) is 32.0 Å². The summed E-state index contributed by atoms with van der Waals surface area (Å²) in [5.74, 6) is 0. The second-order valence-corrected chi connectivity index (χ2v) is 11.0. The number of hydrogen-bond acceptors (Lipinski definition) is 3. The van der Waals surface area contributed by atoms with Crippen molar-refractivity contribution in [2.45, 2.75) is 51.9 Å². The highest BCUT2D eigenvalue weighted by Gasteiger charge is 2.36. The van der Waals surface area contributed by atoms with Crippen LogP contribution in [-0.4, -0.2) is 25.0 Å². The van der Waals surface area contributed by atoms with E-state index in [0.29, 0.717) is 5.69 Å². The highest BCUT2D eigenvalue weighted by Crippen LogP contribution is 2.36. The molecule has 0 saturated carbocycles. The number of aromatic nitrogens is 1. The van der Waals surface area contributed by atoms with Gasteiger partial charge in [-0.05, 0) is 36.2 Å². The van der Waals surface area contributed by atoms with Gasteiger partial charge in [-0.2, -0.15) is 0 Å². The number of aliphatic hydroxyl groups is 1. The van der Waals surface area contributed by atoms with Crippen molar-refractivity contribution in [1.29, 1.82) is 0 Å². The van der Waals surface area contributed by atoms with Crippen LogP contribution in [0.3, 0.4) is 0 Å². The molecule has 18 heavy (non-hydrogen) atoms. The maximum atomic E-state index is 8.92. The van der Waals surface area contributed by atoms with Crippen molar-refractivity contribution in [2.75, 3.05) is 6.61 Å². The third-order valence-electron chi connectivity index (χ3n) is 3.71. The summed E-state index contributed by atoms with van der Waals surface area (Å²) in [6.07, 6.45) is 2.70. The molecule has 1 N–H and O–H groups in total. The van der Waals surface area contributed by atoms with Crippen molar-refractivity contribution in [3.8, 4) is 0 Å². The fourth-order valence-electron chi connectivity index (χ4n) is 1.34. The lowest BCUT2D eigenvalue weighted by Gasteiger charge is -2.36. The van der Waals surface area contributed by atoms with Crippen molar-refractivity contribution < 1.29 is 9.53 Å². The maximum Gasteiger partial charge on any atom is 0.191 e. The molecule has 0 aliphatic rings. The third kappa shape index (κ3) is 4.19. The van der Waals surface area contributed by atoms with E-state index in [0.717, 1.165) is 18.6 Å². The SMILES string of the molecule is CC(C)(C)[Si](C)(C)OCCc1ccc(CO)nc1. The molecule has 102 valence electrons. The van der Waals surface area contributed by atoms with Crippen molar-refractivity contribution in [1.82, 2.24) is 4.98 Å². The monoisotopic (exact) mass is 267 g/mol. The highest BCUT2D eigenvalue weighted by atomic mass is 28.4. The minimum atomic E-state index is -1.64. The standard InChI is InChI=1S/C14H25NO2Si/c1-14(2,3)18(4,5)17-9-8-12-6-7-13(11-16)15-10-12/h6-7,10,16H,8-9,11H2,1-5H3. The lowest BCUT2D eigenvalue weighted by Crippen LogP contribution is -2.41. The Kier molecular flexibility index (Phi) is 5.07. The average molecular weight is 267 g/mol. The van der Waals surface area contributed by atoms with Crippen LogP contribution < -0.4 is 0 Å². The first kappa shape index (κ1) is 15.3. The van der Waals surface area contributed by atoms with Gasteiger partial charge in [-0.15, -0.1) is 0 Å². The van der Waals surface area contributed by atoms with E-state index in [1.54, 1.807) is 0 Å². The first-order valence-electron chi connectivity index (χ1n) is 6.45. The zero-order valence-electron chi connectivity index (χ0n) is 12.2. The van der Waals surface area contributed by atoms with Crippen LogP contribution in [0.2, 0.25) is 18.1 Å². The fraction of sp³-hybridized carbons (Fsp3) is 0.643. The topological polar surface area (TPSA) is 42.4 Å². The van der Waals surface area contributed by atoms with Gasteiger partial charge in [0.15, 0.2) is 8.32 Å². The molecule has 0 atom stereocenters. The minimum Gasteiger partial charge on any atom is -0.416 e. The number of nitrogens with zero attached hydrogens (tertiary/aromatic N) is 1. The van der Waals surface area contributed by atoms with Gasteiger partial charge < -0.3 is 9.53 Å².